The predicted molar refractivity (Wildman–Crippen MR) is 83.3 cm³/mol. The summed E-state index contributed by atoms with van der Waals surface area (Å²) in [4.78, 5) is 30.1. The van der Waals surface area contributed by atoms with Crippen LogP contribution in [0, 0.1) is 5.92 Å². The van der Waals surface area contributed by atoms with Crippen LogP contribution in [0.3, 0.4) is 0 Å². The third kappa shape index (κ3) is 4.89. The van der Waals surface area contributed by atoms with E-state index in [1.54, 1.807) is 4.90 Å². The maximum absolute atomic E-state index is 12.2. The Morgan fingerprint density at radius 1 is 1.32 bits per heavy atom. The first-order valence-electron chi connectivity index (χ1n) is 7.92. The molecule has 2 heterocycles. The van der Waals surface area contributed by atoms with E-state index < -0.39 is 5.60 Å². The smallest absolute Gasteiger partial charge is 0.410 e. The summed E-state index contributed by atoms with van der Waals surface area (Å²) < 4.78 is 5.37. The van der Waals surface area contributed by atoms with Gasteiger partial charge in [0.2, 0.25) is 5.91 Å². The molecule has 1 atom stereocenters. The van der Waals surface area contributed by atoms with Gasteiger partial charge in [0.1, 0.15) is 11.4 Å². The van der Waals surface area contributed by atoms with Crippen molar-refractivity contribution in [1.29, 1.82) is 0 Å². The molecule has 2 amide bonds. The highest BCUT2D eigenvalue weighted by Gasteiger charge is 2.31. The molecule has 22 heavy (non-hydrogen) atoms. The summed E-state index contributed by atoms with van der Waals surface area (Å²) in [6.07, 6.45) is 3.12. The normalized spacial score (nSPS) is 22.0. The number of hydrogen-bond donors (Lipinski definition) is 2. The first-order valence-corrected chi connectivity index (χ1v) is 7.92. The van der Waals surface area contributed by atoms with E-state index in [1.165, 1.54) is 0 Å². The minimum absolute atomic E-state index is 0.0946. The molecule has 0 aliphatic carbocycles. The fourth-order valence-electron chi connectivity index (χ4n) is 2.56. The molecule has 1 fully saturated rings. The lowest BCUT2D eigenvalue weighted by Gasteiger charge is -2.33. The Labute approximate surface area is 131 Å². The highest BCUT2D eigenvalue weighted by atomic mass is 16.6. The second-order valence-corrected chi connectivity index (χ2v) is 6.81. The van der Waals surface area contributed by atoms with Gasteiger partial charge in [0.05, 0.1) is 5.92 Å². The molecule has 0 unspecified atom stereocenters. The highest BCUT2D eigenvalue weighted by molar-refractivity contribution is 5.87. The van der Waals surface area contributed by atoms with E-state index in [0.29, 0.717) is 13.1 Å². The second-order valence-electron chi connectivity index (χ2n) is 6.81. The fraction of sp³-hybridized carbons (Fsp3) is 0.800. The maximum Gasteiger partial charge on any atom is 0.410 e. The quantitative estimate of drug-likeness (QED) is 0.718. The van der Waals surface area contributed by atoms with Crippen LogP contribution in [0.5, 0.6) is 0 Å². The van der Waals surface area contributed by atoms with Crippen molar-refractivity contribution in [2.75, 3.05) is 19.6 Å². The SMILES string of the molecule is CC(C)(C)OC(=O)N1CCC[C@@H](C(=O)NNC2=NCCC2)C1. The van der Waals surface area contributed by atoms with Crippen LogP contribution >= 0.6 is 0 Å². The van der Waals surface area contributed by atoms with Gasteiger partial charge >= 0.3 is 6.09 Å². The van der Waals surface area contributed by atoms with Crippen molar-refractivity contribution < 1.29 is 14.3 Å². The molecule has 2 aliphatic rings. The van der Waals surface area contributed by atoms with Gasteiger partial charge < -0.3 is 9.64 Å². The molecule has 0 saturated carbocycles. The van der Waals surface area contributed by atoms with Crippen molar-refractivity contribution >= 4 is 17.8 Å². The lowest BCUT2D eigenvalue weighted by Crippen LogP contribution is -2.50. The molecule has 0 spiro atoms. The van der Waals surface area contributed by atoms with Gasteiger partial charge in [0.25, 0.3) is 0 Å². The number of carbonyl (C=O) groups excluding carboxylic acids is 2. The third-order valence-corrected chi connectivity index (χ3v) is 3.65. The van der Waals surface area contributed by atoms with E-state index >= 15 is 0 Å². The van der Waals surface area contributed by atoms with E-state index in [2.05, 4.69) is 15.8 Å². The van der Waals surface area contributed by atoms with Crippen LogP contribution < -0.4 is 10.9 Å². The maximum atomic E-state index is 12.2. The summed E-state index contributed by atoms with van der Waals surface area (Å²) in [5.41, 5.74) is 5.06. The number of piperidine rings is 1. The van der Waals surface area contributed by atoms with Gasteiger partial charge in [-0.2, -0.15) is 0 Å². The number of rotatable bonds is 1. The number of hydrogen-bond acceptors (Lipinski definition) is 5. The number of likely N-dealkylation sites (tertiary alicyclic amines) is 1. The third-order valence-electron chi connectivity index (χ3n) is 3.65. The molecule has 1 saturated heterocycles. The molecule has 7 heteroatoms. The van der Waals surface area contributed by atoms with Gasteiger partial charge in [-0.3, -0.25) is 20.6 Å². The van der Waals surface area contributed by atoms with Crippen molar-refractivity contribution in [3.63, 3.8) is 0 Å². The molecule has 0 aromatic carbocycles. The van der Waals surface area contributed by atoms with Gasteiger partial charge in [0.15, 0.2) is 0 Å². The first kappa shape index (κ1) is 16.6. The topological polar surface area (TPSA) is 83.0 Å². The molecule has 124 valence electrons. The molecule has 0 radical (unpaired) electrons. The van der Waals surface area contributed by atoms with Crippen LogP contribution in [0.15, 0.2) is 4.99 Å². The van der Waals surface area contributed by atoms with Crippen molar-refractivity contribution in [3.8, 4) is 0 Å². The summed E-state index contributed by atoms with van der Waals surface area (Å²) in [5.74, 6) is 0.520. The van der Waals surface area contributed by atoms with E-state index in [-0.39, 0.29) is 17.9 Å². The minimum atomic E-state index is -0.519. The van der Waals surface area contributed by atoms with Gasteiger partial charge in [-0.15, -0.1) is 0 Å². The van der Waals surface area contributed by atoms with Crippen LogP contribution in [-0.2, 0) is 9.53 Å². The molecule has 0 aromatic rings. The van der Waals surface area contributed by atoms with Crippen LogP contribution in [0.4, 0.5) is 4.79 Å². The molecule has 2 rings (SSSR count). The van der Waals surface area contributed by atoms with Gasteiger partial charge in [0, 0.05) is 26.1 Å². The molecular weight excluding hydrogens is 284 g/mol. The molecule has 2 aliphatic heterocycles. The number of ether oxygens (including phenoxy) is 1. The summed E-state index contributed by atoms with van der Waals surface area (Å²) in [6.45, 7) is 7.36. The Morgan fingerprint density at radius 3 is 2.73 bits per heavy atom. The number of aliphatic imine (C=N–C) groups is 1. The van der Waals surface area contributed by atoms with Crippen LogP contribution in [0.25, 0.3) is 0 Å². The predicted octanol–water partition coefficient (Wildman–Crippen LogP) is 1.45. The van der Waals surface area contributed by atoms with Gasteiger partial charge in [-0.05, 0) is 40.0 Å². The number of carbonyl (C=O) groups is 2. The number of nitrogens with zero attached hydrogens (tertiary/aromatic N) is 2. The number of amides is 2. The standard InChI is InChI=1S/C15H26N4O3/c1-15(2,3)22-14(21)19-9-5-6-11(10-19)13(20)18-17-12-7-4-8-16-12/h11H,4-10H2,1-3H3,(H,16,17)(H,18,20)/t11-/m1/s1. The Morgan fingerprint density at radius 2 is 2.09 bits per heavy atom. The molecule has 0 bridgehead atoms. The first-order chi connectivity index (χ1) is 10.3. The Balaban J connectivity index is 1.81. The van der Waals surface area contributed by atoms with Gasteiger partial charge in [-0.25, -0.2) is 4.79 Å². The van der Waals surface area contributed by atoms with Gasteiger partial charge in [-0.1, -0.05) is 0 Å². The van der Waals surface area contributed by atoms with Crippen molar-refractivity contribution in [1.82, 2.24) is 15.8 Å². The van der Waals surface area contributed by atoms with E-state index in [1.807, 2.05) is 20.8 Å². The Hall–Kier alpha value is -1.79. The molecular formula is C15H26N4O3. The summed E-state index contributed by atoms with van der Waals surface area (Å²) in [6, 6.07) is 0. The van der Waals surface area contributed by atoms with Crippen LogP contribution in [0.1, 0.15) is 46.5 Å². The van der Waals surface area contributed by atoms with E-state index in [4.69, 9.17) is 4.74 Å². The monoisotopic (exact) mass is 310 g/mol. The van der Waals surface area contributed by atoms with E-state index in [0.717, 1.165) is 38.1 Å². The number of nitrogens with one attached hydrogen (secondary N) is 2. The van der Waals surface area contributed by atoms with E-state index in [9.17, 15) is 9.59 Å². The van der Waals surface area contributed by atoms with Crippen molar-refractivity contribution in [2.45, 2.75) is 52.1 Å². The van der Waals surface area contributed by atoms with Crippen LogP contribution in [-0.4, -0.2) is 48.0 Å². The number of hydrazine groups is 1. The number of amidine groups is 1. The summed E-state index contributed by atoms with van der Waals surface area (Å²) in [5, 5.41) is 0. The summed E-state index contributed by atoms with van der Waals surface area (Å²) in [7, 11) is 0. The fourth-order valence-corrected chi connectivity index (χ4v) is 2.56. The zero-order chi connectivity index (χ0) is 16.2. The largest absolute Gasteiger partial charge is 0.444 e. The lowest BCUT2D eigenvalue weighted by atomic mass is 9.98. The van der Waals surface area contributed by atoms with Crippen LogP contribution in [0.2, 0.25) is 0 Å². The lowest BCUT2D eigenvalue weighted by molar-refractivity contribution is -0.127. The highest BCUT2D eigenvalue weighted by Crippen LogP contribution is 2.19. The molecule has 7 nitrogen and oxygen atoms in total. The molecule has 0 aromatic heterocycles. The zero-order valence-corrected chi connectivity index (χ0v) is 13.6. The Bertz CT molecular complexity index is 456. The zero-order valence-electron chi connectivity index (χ0n) is 13.6. The molecule has 2 N–H and O–H groups in total. The Kier molecular flexibility index (Phi) is 5.26. The average Bonchev–Trinajstić information content (AvgIpc) is 2.96. The summed E-state index contributed by atoms with van der Waals surface area (Å²) >= 11 is 0. The average molecular weight is 310 g/mol. The van der Waals surface area contributed by atoms with Crippen molar-refractivity contribution in [3.05, 3.63) is 0 Å². The second kappa shape index (κ2) is 6.98. The van der Waals surface area contributed by atoms with Crippen molar-refractivity contribution in [2.24, 2.45) is 10.9 Å². The minimum Gasteiger partial charge on any atom is -0.444 e.